The summed E-state index contributed by atoms with van der Waals surface area (Å²) in [5.41, 5.74) is 0.0368. The van der Waals surface area contributed by atoms with E-state index < -0.39 is 23.2 Å². The van der Waals surface area contributed by atoms with Crippen molar-refractivity contribution in [3.63, 3.8) is 0 Å². The maximum absolute atomic E-state index is 13.8. The number of hydrogen-bond donors (Lipinski definition) is 1. The zero-order chi connectivity index (χ0) is 22.3. The number of carbonyl (C=O) groups excluding carboxylic acids is 1. The zero-order valence-electron chi connectivity index (χ0n) is 17.3. The van der Waals surface area contributed by atoms with Crippen LogP contribution < -0.4 is 10.1 Å². The van der Waals surface area contributed by atoms with Gasteiger partial charge in [0, 0.05) is 23.3 Å². The predicted molar refractivity (Wildman–Crippen MR) is 114 cm³/mol. The molecule has 162 valence electrons. The number of hydrogen-bond acceptors (Lipinski definition) is 3. The van der Waals surface area contributed by atoms with Gasteiger partial charge in [-0.15, -0.1) is 0 Å². The van der Waals surface area contributed by atoms with Gasteiger partial charge in [-0.1, -0.05) is 0 Å². The second-order valence-electron chi connectivity index (χ2n) is 7.81. The van der Waals surface area contributed by atoms with Gasteiger partial charge in [-0.2, -0.15) is 13.2 Å². The minimum atomic E-state index is -4.50. The zero-order valence-corrected chi connectivity index (χ0v) is 18.9. The summed E-state index contributed by atoms with van der Waals surface area (Å²) in [6.07, 6.45) is -4.19. The lowest BCUT2D eigenvalue weighted by Crippen LogP contribution is -2.44. The van der Waals surface area contributed by atoms with Gasteiger partial charge >= 0.3 is 6.18 Å². The summed E-state index contributed by atoms with van der Waals surface area (Å²) in [5.74, 6) is 0.0979. The highest BCUT2D eigenvalue weighted by atomic mass is 79.9. The number of amides is 1. The fourth-order valence-corrected chi connectivity index (χ4v) is 4.19. The van der Waals surface area contributed by atoms with Crippen molar-refractivity contribution in [1.29, 1.82) is 0 Å². The third-order valence-electron chi connectivity index (χ3n) is 5.62. The number of likely N-dealkylation sites (N-methyl/N-ethyl adjacent to an activating group) is 1. The summed E-state index contributed by atoms with van der Waals surface area (Å²) in [6.45, 7) is 6.64. The number of rotatable bonds is 4. The van der Waals surface area contributed by atoms with Crippen molar-refractivity contribution in [3.8, 4) is 5.75 Å². The Morgan fingerprint density at radius 2 is 1.97 bits per heavy atom. The lowest BCUT2D eigenvalue weighted by molar-refractivity contribution is -0.138. The van der Waals surface area contributed by atoms with Gasteiger partial charge in [0.2, 0.25) is 0 Å². The molecule has 8 heteroatoms. The maximum atomic E-state index is 13.8. The molecule has 0 aliphatic carbocycles. The molecule has 2 aromatic carbocycles. The maximum Gasteiger partial charge on any atom is 0.416 e. The molecule has 1 amide bonds. The third kappa shape index (κ3) is 4.34. The van der Waals surface area contributed by atoms with Gasteiger partial charge in [-0.05, 0) is 91.6 Å². The van der Waals surface area contributed by atoms with Crippen molar-refractivity contribution in [1.82, 2.24) is 4.90 Å². The molecule has 30 heavy (non-hydrogen) atoms. The largest absolute Gasteiger partial charge is 0.493 e. The van der Waals surface area contributed by atoms with Crippen LogP contribution in [0.25, 0.3) is 0 Å². The Morgan fingerprint density at radius 1 is 1.27 bits per heavy atom. The first-order valence-corrected chi connectivity index (χ1v) is 10.4. The van der Waals surface area contributed by atoms with Crippen LogP contribution in [0.1, 0.15) is 47.8 Å². The number of ether oxygens (including phenoxy) is 1. The summed E-state index contributed by atoms with van der Waals surface area (Å²) in [5, 5.41) is 2.63. The van der Waals surface area contributed by atoms with Crippen molar-refractivity contribution in [2.24, 2.45) is 0 Å². The van der Waals surface area contributed by atoms with E-state index in [-0.39, 0.29) is 5.69 Å². The van der Waals surface area contributed by atoms with E-state index in [2.05, 4.69) is 21.2 Å². The summed E-state index contributed by atoms with van der Waals surface area (Å²) < 4.78 is 47.4. The summed E-state index contributed by atoms with van der Waals surface area (Å²) in [4.78, 5) is 14.7. The average Bonchev–Trinajstić information content (AvgIpc) is 2.66. The summed E-state index contributed by atoms with van der Waals surface area (Å²) >= 11 is 3.35. The first-order chi connectivity index (χ1) is 13.9. The molecule has 0 atom stereocenters. The van der Waals surface area contributed by atoms with Gasteiger partial charge in [0.25, 0.3) is 5.91 Å². The molecule has 0 fully saturated rings. The van der Waals surface area contributed by atoms with Crippen molar-refractivity contribution in [2.45, 2.75) is 38.9 Å². The minimum Gasteiger partial charge on any atom is -0.493 e. The first kappa shape index (κ1) is 22.6. The second-order valence-corrected chi connectivity index (χ2v) is 8.66. The average molecular weight is 485 g/mol. The number of alkyl halides is 3. The number of benzene rings is 2. The van der Waals surface area contributed by atoms with Crippen LogP contribution in [0.2, 0.25) is 0 Å². The molecular weight excluding hydrogens is 461 g/mol. The monoisotopic (exact) mass is 484 g/mol. The van der Waals surface area contributed by atoms with Crippen molar-refractivity contribution >= 4 is 27.5 Å². The van der Waals surface area contributed by atoms with Gasteiger partial charge in [0.05, 0.1) is 16.6 Å². The van der Waals surface area contributed by atoms with Gasteiger partial charge in [-0.25, -0.2) is 0 Å². The Bertz CT molecular complexity index is 974. The SMILES string of the molecule is CCOc1ccc(C(=O)Nc2cc(C(F)(F)F)c3c(c2)C(C)(C)N(C)CC3)cc1Br. The lowest BCUT2D eigenvalue weighted by atomic mass is 9.81. The van der Waals surface area contributed by atoms with E-state index in [4.69, 9.17) is 4.74 Å². The smallest absolute Gasteiger partial charge is 0.416 e. The van der Waals surface area contributed by atoms with Crippen LogP contribution in [-0.2, 0) is 18.1 Å². The summed E-state index contributed by atoms with van der Waals surface area (Å²) in [7, 11) is 1.89. The minimum absolute atomic E-state index is 0.124. The van der Waals surface area contributed by atoms with E-state index in [1.807, 2.05) is 32.7 Å². The topological polar surface area (TPSA) is 41.6 Å². The fourth-order valence-electron chi connectivity index (χ4n) is 3.69. The third-order valence-corrected chi connectivity index (χ3v) is 6.24. The molecule has 0 spiro atoms. The molecule has 0 radical (unpaired) electrons. The fraction of sp³-hybridized carbons (Fsp3) is 0.409. The molecule has 4 nitrogen and oxygen atoms in total. The summed E-state index contributed by atoms with van der Waals surface area (Å²) in [6, 6.07) is 7.49. The van der Waals surface area contributed by atoms with Crippen LogP contribution in [0.3, 0.4) is 0 Å². The number of anilines is 1. The van der Waals surface area contributed by atoms with Gasteiger partial charge < -0.3 is 10.1 Å². The van der Waals surface area contributed by atoms with Crippen LogP contribution in [-0.4, -0.2) is 31.0 Å². The lowest BCUT2D eigenvalue weighted by Gasteiger charge is -2.42. The quantitative estimate of drug-likeness (QED) is 0.592. The Morgan fingerprint density at radius 3 is 2.57 bits per heavy atom. The Kier molecular flexibility index (Phi) is 6.20. The van der Waals surface area contributed by atoms with Crippen molar-refractivity contribution in [2.75, 3.05) is 25.5 Å². The van der Waals surface area contributed by atoms with E-state index in [1.165, 1.54) is 0 Å². The molecule has 3 rings (SSSR count). The highest BCUT2D eigenvalue weighted by Crippen LogP contribution is 2.43. The molecule has 2 aromatic rings. The van der Waals surface area contributed by atoms with E-state index in [0.717, 1.165) is 6.07 Å². The van der Waals surface area contributed by atoms with Crippen LogP contribution in [0.5, 0.6) is 5.75 Å². The molecule has 0 bridgehead atoms. The Hall–Kier alpha value is -2.06. The first-order valence-electron chi connectivity index (χ1n) is 9.64. The normalized spacial score (nSPS) is 16.1. The molecular formula is C22H24BrF3N2O2. The Labute approximate surface area is 182 Å². The van der Waals surface area contributed by atoms with E-state index in [0.29, 0.717) is 46.5 Å². The molecule has 1 N–H and O–H groups in total. The predicted octanol–water partition coefficient (Wildman–Crippen LogP) is 5.84. The van der Waals surface area contributed by atoms with Crippen LogP contribution in [0.4, 0.5) is 18.9 Å². The van der Waals surface area contributed by atoms with E-state index in [9.17, 15) is 18.0 Å². The standard InChI is InChI=1S/C22H24BrF3N2O2/c1-5-30-19-7-6-13(10-18(19)23)20(29)27-14-11-16-15(17(12-14)22(24,25)26)8-9-28(4)21(16,2)3/h6-7,10-12H,5,8-9H2,1-4H3,(H,27,29). The molecule has 0 saturated heterocycles. The highest BCUT2D eigenvalue weighted by molar-refractivity contribution is 9.10. The number of fused-ring (bicyclic) bond motifs is 1. The van der Waals surface area contributed by atoms with E-state index >= 15 is 0 Å². The molecule has 0 aromatic heterocycles. The van der Waals surface area contributed by atoms with Gasteiger partial charge in [0.1, 0.15) is 5.75 Å². The van der Waals surface area contributed by atoms with Crippen LogP contribution in [0, 0.1) is 0 Å². The second kappa shape index (κ2) is 8.23. The number of nitrogens with zero attached hydrogens (tertiary/aromatic N) is 1. The highest BCUT2D eigenvalue weighted by Gasteiger charge is 2.40. The van der Waals surface area contributed by atoms with Crippen molar-refractivity contribution in [3.05, 3.63) is 57.1 Å². The molecule has 0 saturated carbocycles. The van der Waals surface area contributed by atoms with Gasteiger partial charge in [0.15, 0.2) is 0 Å². The molecule has 0 unspecified atom stereocenters. The number of carbonyl (C=O) groups is 1. The Balaban J connectivity index is 2.00. The molecule has 1 aliphatic heterocycles. The molecule has 1 aliphatic rings. The van der Waals surface area contributed by atoms with E-state index in [1.54, 1.807) is 24.3 Å². The van der Waals surface area contributed by atoms with Gasteiger partial charge in [-0.3, -0.25) is 9.69 Å². The van der Waals surface area contributed by atoms with Crippen LogP contribution >= 0.6 is 15.9 Å². The number of halogens is 4. The molecule has 1 heterocycles. The van der Waals surface area contributed by atoms with Crippen LogP contribution in [0.15, 0.2) is 34.8 Å². The number of nitrogens with one attached hydrogen (secondary N) is 1. The van der Waals surface area contributed by atoms with Crippen molar-refractivity contribution < 1.29 is 22.7 Å².